The Bertz CT molecular complexity index is 1880. The van der Waals surface area contributed by atoms with Gasteiger partial charge in [-0.25, -0.2) is 14.5 Å². The van der Waals surface area contributed by atoms with E-state index in [9.17, 15) is 28.8 Å². The number of hydrogen-bond donors (Lipinski definition) is 1. The summed E-state index contributed by atoms with van der Waals surface area (Å²) in [5.41, 5.74) is 1.40. The standard InChI is InChI=1S/C32H27N3O8S3/c1-3-42-30(39)17-7-11-19(12-8-17)33-22(36)16-34-29-26(46-32(34)41)23(21-6-5-15-44-21)24-25(45-29)28(38)35(27(24)37)20-13-9-18(10-14-20)31(40)43-4-2/h5-15,23-25H,3-4,16H2,1-2H3,(H,33,36)/t23-,24-,25+/m0/s1. The number of hydrogen-bond acceptors (Lipinski definition) is 11. The number of thiophene rings is 1. The first-order valence-corrected chi connectivity index (χ1v) is 16.9. The van der Waals surface area contributed by atoms with Crippen molar-refractivity contribution in [3.8, 4) is 0 Å². The molecule has 1 N–H and O–H groups in total. The Hall–Kier alpha value is -4.53. The van der Waals surface area contributed by atoms with E-state index < -0.39 is 46.7 Å². The van der Waals surface area contributed by atoms with E-state index in [1.807, 2.05) is 17.5 Å². The topological polar surface area (TPSA) is 141 Å². The third-order valence-electron chi connectivity index (χ3n) is 7.52. The molecule has 4 heterocycles. The van der Waals surface area contributed by atoms with Crippen molar-refractivity contribution in [3.63, 3.8) is 0 Å². The molecule has 0 unspecified atom stereocenters. The van der Waals surface area contributed by atoms with Gasteiger partial charge in [0.2, 0.25) is 17.7 Å². The van der Waals surface area contributed by atoms with Crippen molar-refractivity contribution in [2.24, 2.45) is 5.92 Å². The van der Waals surface area contributed by atoms with Crippen LogP contribution in [0.2, 0.25) is 0 Å². The Balaban J connectivity index is 1.28. The van der Waals surface area contributed by atoms with Crippen molar-refractivity contribution in [2.45, 2.75) is 36.6 Å². The lowest BCUT2D eigenvalue weighted by molar-refractivity contribution is -0.122. The van der Waals surface area contributed by atoms with E-state index >= 15 is 0 Å². The van der Waals surface area contributed by atoms with Gasteiger partial charge in [0.1, 0.15) is 11.8 Å². The highest BCUT2D eigenvalue weighted by Gasteiger charge is 2.57. The van der Waals surface area contributed by atoms with Crippen LogP contribution in [0, 0.1) is 5.92 Å². The van der Waals surface area contributed by atoms with Gasteiger partial charge in [0.15, 0.2) is 0 Å². The smallest absolute Gasteiger partial charge is 0.338 e. The van der Waals surface area contributed by atoms with Crippen molar-refractivity contribution in [1.29, 1.82) is 0 Å². The summed E-state index contributed by atoms with van der Waals surface area (Å²) >= 11 is 3.52. The number of amides is 3. The molecule has 1 saturated heterocycles. The van der Waals surface area contributed by atoms with Crippen LogP contribution in [0.15, 0.2) is 75.9 Å². The van der Waals surface area contributed by atoms with Crippen molar-refractivity contribution >= 4 is 75.5 Å². The minimum Gasteiger partial charge on any atom is -0.462 e. The van der Waals surface area contributed by atoms with Crippen LogP contribution in [0.25, 0.3) is 0 Å². The summed E-state index contributed by atoms with van der Waals surface area (Å²) in [5.74, 6) is -3.61. The molecule has 0 bridgehead atoms. The molecule has 46 heavy (non-hydrogen) atoms. The summed E-state index contributed by atoms with van der Waals surface area (Å²) in [5, 5.41) is 4.26. The molecule has 2 aliphatic heterocycles. The van der Waals surface area contributed by atoms with E-state index in [0.29, 0.717) is 32.4 Å². The van der Waals surface area contributed by atoms with Crippen LogP contribution in [-0.4, -0.2) is 52.7 Å². The molecule has 0 saturated carbocycles. The Morgan fingerprint density at radius 1 is 0.848 bits per heavy atom. The predicted octanol–water partition coefficient (Wildman–Crippen LogP) is 4.76. The molecule has 1 fully saturated rings. The second kappa shape index (κ2) is 13.1. The number of fused-ring (bicyclic) bond motifs is 2. The Labute approximate surface area is 275 Å². The zero-order chi connectivity index (χ0) is 32.5. The lowest BCUT2D eigenvalue weighted by atomic mass is 9.87. The van der Waals surface area contributed by atoms with Crippen LogP contribution in [-0.2, 0) is 30.4 Å². The van der Waals surface area contributed by atoms with Crippen molar-refractivity contribution < 1.29 is 33.4 Å². The van der Waals surface area contributed by atoms with E-state index in [0.717, 1.165) is 32.9 Å². The van der Waals surface area contributed by atoms with E-state index in [2.05, 4.69) is 5.32 Å². The lowest BCUT2D eigenvalue weighted by Crippen LogP contribution is -2.32. The number of carbonyl (C=O) groups excluding carboxylic acids is 5. The van der Waals surface area contributed by atoms with Gasteiger partial charge in [-0.2, -0.15) is 0 Å². The fraction of sp³-hybridized carbons (Fsp3) is 0.250. The lowest BCUT2D eigenvalue weighted by Gasteiger charge is -2.29. The first kappa shape index (κ1) is 31.5. The average Bonchev–Trinajstić information content (AvgIpc) is 3.75. The molecule has 2 aliphatic rings. The number of thiazole rings is 1. The third-order valence-corrected chi connectivity index (χ3v) is 11.1. The molecule has 0 aliphatic carbocycles. The van der Waals surface area contributed by atoms with Crippen LogP contribution in [0.5, 0.6) is 0 Å². The van der Waals surface area contributed by atoms with Crippen LogP contribution >= 0.6 is 34.4 Å². The summed E-state index contributed by atoms with van der Waals surface area (Å²) in [6.45, 7) is 3.56. The largest absolute Gasteiger partial charge is 0.462 e. The third kappa shape index (κ3) is 5.79. The molecule has 3 amide bonds. The van der Waals surface area contributed by atoms with Crippen LogP contribution in [0.3, 0.4) is 0 Å². The van der Waals surface area contributed by atoms with Crippen molar-refractivity contribution in [2.75, 3.05) is 23.4 Å². The zero-order valence-electron chi connectivity index (χ0n) is 24.6. The molecule has 6 rings (SSSR count). The molecule has 11 nitrogen and oxygen atoms in total. The molecule has 236 valence electrons. The number of esters is 2. The highest BCUT2D eigenvalue weighted by Crippen LogP contribution is 2.54. The van der Waals surface area contributed by atoms with E-state index in [-0.39, 0.29) is 24.6 Å². The van der Waals surface area contributed by atoms with Gasteiger partial charge in [0.25, 0.3) is 0 Å². The van der Waals surface area contributed by atoms with Crippen molar-refractivity contribution in [1.82, 2.24) is 4.57 Å². The Morgan fingerprint density at radius 3 is 2.07 bits per heavy atom. The number of ether oxygens (including phenoxy) is 2. The van der Waals surface area contributed by atoms with Gasteiger partial charge < -0.3 is 14.8 Å². The number of aromatic nitrogens is 1. The molecule has 14 heteroatoms. The molecular formula is C32H27N3O8S3. The maximum atomic E-state index is 14.0. The highest BCUT2D eigenvalue weighted by atomic mass is 32.2. The number of nitrogens with zero attached hydrogens (tertiary/aromatic N) is 2. The molecule has 2 aromatic carbocycles. The molecular weight excluding hydrogens is 651 g/mol. The second-order valence-electron chi connectivity index (χ2n) is 10.3. The SMILES string of the molecule is CCOC(=O)c1ccc(NC(=O)Cn2c3c(sc2=O)[C@@H](c2cccs2)[C@@H]2C(=O)N(c4ccc(C(=O)OCC)cc4)C(=O)[C@@H]2S3)cc1. The van der Waals surface area contributed by atoms with Gasteiger partial charge in [-0.3, -0.25) is 23.7 Å². The maximum Gasteiger partial charge on any atom is 0.338 e. The number of nitrogens with one attached hydrogen (secondary N) is 1. The summed E-state index contributed by atoms with van der Waals surface area (Å²) in [7, 11) is 0. The number of imide groups is 1. The van der Waals surface area contributed by atoms with E-state index in [1.165, 1.54) is 40.2 Å². The summed E-state index contributed by atoms with van der Waals surface area (Å²) in [4.78, 5) is 80.6. The number of rotatable bonds is 9. The first-order chi connectivity index (χ1) is 22.2. The quantitative estimate of drug-likeness (QED) is 0.196. The van der Waals surface area contributed by atoms with Crippen LogP contribution in [0.4, 0.5) is 11.4 Å². The molecule has 4 aromatic rings. The first-order valence-electron chi connectivity index (χ1n) is 14.4. The minimum atomic E-state index is -0.837. The monoisotopic (exact) mass is 677 g/mol. The fourth-order valence-electron chi connectivity index (χ4n) is 5.49. The maximum absolute atomic E-state index is 14.0. The van der Waals surface area contributed by atoms with Gasteiger partial charge >= 0.3 is 16.8 Å². The van der Waals surface area contributed by atoms with Gasteiger partial charge in [-0.05, 0) is 73.8 Å². The number of benzene rings is 2. The zero-order valence-corrected chi connectivity index (χ0v) is 27.0. The van der Waals surface area contributed by atoms with E-state index in [4.69, 9.17) is 9.47 Å². The molecule has 3 atom stereocenters. The molecule has 0 radical (unpaired) electrons. The Kier molecular flexibility index (Phi) is 8.93. The number of thioether (sulfide) groups is 1. The number of anilines is 2. The van der Waals surface area contributed by atoms with Gasteiger partial charge in [-0.15, -0.1) is 11.3 Å². The van der Waals surface area contributed by atoms with Gasteiger partial charge in [-0.1, -0.05) is 29.2 Å². The molecule has 2 aromatic heterocycles. The highest BCUT2D eigenvalue weighted by molar-refractivity contribution is 8.00. The van der Waals surface area contributed by atoms with E-state index in [1.54, 1.807) is 38.1 Å². The second-order valence-corrected chi connectivity index (χ2v) is 13.4. The predicted molar refractivity (Wildman–Crippen MR) is 174 cm³/mol. The van der Waals surface area contributed by atoms with Crippen LogP contribution in [0.1, 0.15) is 50.2 Å². The van der Waals surface area contributed by atoms with Crippen molar-refractivity contribution in [3.05, 3.63) is 96.6 Å². The summed E-state index contributed by atoms with van der Waals surface area (Å²) < 4.78 is 11.4. The molecule has 0 spiro atoms. The van der Waals surface area contributed by atoms with Gasteiger partial charge in [0, 0.05) is 21.4 Å². The number of carbonyl (C=O) groups is 5. The summed E-state index contributed by atoms with van der Waals surface area (Å²) in [6.07, 6.45) is 0. The normalized spacial score (nSPS) is 18.6. The summed E-state index contributed by atoms with van der Waals surface area (Å²) in [6, 6.07) is 16.0. The average molecular weight is 678 g/mol. The fourth-order valence-corrected chi connectivity index (χ4v) is 9.21. The minimum absolute atomic E-state index is 0.218. The Morgan fingerprint density at radius 2 is 1.48 bits per heavy atom. The van der Waals surface area contributed by atoms with Crippen LogP contribution < -0.4 is 15.1 Å². The van der Waals surface area contributed by atoms with Gasteiger partial charge in [0.05, 0.1) is 41.0 Å².